The molecule has 0 amide bonds. The number of aliphatic carboxylic acids is 1. The largest absolute Gasteiger partial charge is 0.493 e. The highest BCUT2D eigenvalue weighted by atomic mass is 16.5. The predicted octanol–water partition coefficient (Wildman–Crippen LogP) is 5.38. The number of hydrogen-bond acceptors (Lipinski definition) is 3. The van der Waals surface area contributed by atoms with Crippen molar-refractivity contribution in [3.63, 3.8) is 0 Å². The van der Waals surface area contributed by atoms with Gasteiger partial charge < -0.3 is 9.84 Å². The summed E-state index contributed by atoms with van der Waals surface area (Å²) in [5, 5.41) is 9.09. The predicted molar refractivity (Wildman–Crippen MR) is 125 cm³/mol. The van der Waals surface area contributed by atoms with Crippen molar-refractivity contribution >= 4 is 17.0 Å². The second kappa shape index (κ2) is 8.15. The van der Waals surface area contributed by atoms with Gasteiger partial charge >= 0.3 is 5.97 Å². The van der Waals surface area contributed by atoms with E-state index in [-0.39, 0.29) is 12.3 Å². The summed E-state index contributed by atoms with van der Waals surface area (Å²) in [5.74, 6) is -0.00438. The van der Waals surface area contributed by atoms with Crippen LogP contribution in [0.5, 0.6) is 5.75 Å². The molecule has 5 rings (SSSR count). The van der Waals surface area contributed by atoms with Gasteiger partial charge in [-0.1, -0.05) is 36.4 Å². The zero-order valence-electron chi connectivity index (χ0n) is 18.3. The molecule has 5 nitrogen and oxygen atoms in total. The summed E-state index contributed by atoms with van der Waals surface area (Å²) in [5.41, 5.74) is 9.31. The molecule has 1 aliphatic rings. The van der Waals surface area contributed by atoms with Crippen molar-refractivity contribution < 1.29 is 14.6 Å². The van der Waals surface area contributed by atoms with Gasteiger partial charge in [0.15, 0.2) is 0 Å². The standard InChI is InChI=1S/C27H26N2O3/c1-17-5-3-7-23-27(17)29(16-28-23)24-8-4-6-20(18(24)2)11-9-19-10-12-22-21(14-26(30)31)15-32-25(22)13-19/h3-8,10,12-13,16,21H,9,11,14-15H2,1-2H3,(H,30,31)/t21-/m1/s1. The molecule has 5 heteroatoms. The lowest BCUT2D eigenvalue weighted by atomic mass is 9.94. The van der Waals surface area contributed by atoms with E-state index in [0.717, 1.165) is 40.9 Å². The highest BCUT2D eigenvalue weighted by molar-refractivity contribution is 5.81. The number of hydrogen-bond donors (Lipinski definition) is 1. The van der Waals surface area contributed by atoms with E-state index >= 15 is 0 Å². The third kappa shape index (κ3) is 3.64. The molecule has 1 aliphatic heterocycles. The molecule has 0 spiro atoms. The molecule has 1 N–H and O–H groups in total. The van der Waals surface area contributed by atoms with Crippen LogP contribution in [0.4, 0.5) is 0 Å². The van der Waals surface area contributed by atoms with Crippen molar-refractivity contribution in [1.82, 2.24) is 9.55 Å². The molecule has 0 saturated carbocycles. The molecule has 0 radical (unpaired) electrons. The third-order valence-electron chi connectivity index (χ3n) is 6.51. The van der Waals surface area contributed by atoms with Crippen LogP contribution in [0.2, 0.25) is 0 Å². The zero-order chi connectivity index (χ0) is 22.2. The summed E-state index contributed by atoms with van der Waals surface area (Å²) in [6.45, 7) is 4.75. The number of aryl methyl sites for hydroxylation is 3. The van der Waals surface area contributed by atoms with Crippen LogP contribution in [0, 0.1) is 13.8 Å². The Morgan fingerprint density at radius 3 is 2.81 bits per heavy atom. The third-order valence-corrected chi connectivity index (χ3v) is 6.51. The van der Waals surface area contributed by atoms with Crippen LogP contribution in [0.25, 0.3) is 16.7 Å². The molecule has 162 valence electrons. The Labute approximate surface area is 187 Å². The maximum absolute atomic E-state index is 11.1. The first-order valence-corrected chi connectivity index (χ1v) is 11.0. The van der Waals surface area contributed by atoms with E-state index in [0.29, 0.717) is 6.61 Å². The quantitative estimate of drug-likeness (QED) is 0.450. The fraction of sp³-hybridized carbons (Fsp3) is 0.259. The molecule has 4 aromatic rings. The van der Waals surface area contributed by atoms with E-state index in [1.54, 1.807) is 0 Å². The van der Waals surface area contributed by atoms with Crippen LogP contribution in [0.3, 0.4) is 0 Å². The summed E-state index contributed by atoms with van der Waals surface area (Å²) in [6, 6.07) is 18.9. The number of ether oxygens (including phenoxy) is 1. The average molecular weight is 427 g/mol. The van der Waals surface area contributed by atoms with Gasteiger partial charge in [0.05, 0.1) is 29.7 Å². The first-order chi connectivity index (χ1) is 15.5. The van der Waals surface area contributed by atoms with Crippen molar-refractivity contribution in [2.45, 2.75) is 39.0 Å². The lowest BCUT2D eigenvalue weighted by Crippen LogP contribution is -2.07. The molecule has 0 fully saturated rings. The minimum atomic E-state index is -0.785. The van der Waals surface area contributed by atoms with E-state index in [1.165, 1.54) is 22.3 Å². The number of imidazole rings is 1. The second-order valence-electron chi connectivity index (χ2n) is 8.60. The first kappa shape index (κ1) is 20.3. The number of para-hydroxylation sites is 1. The van der Waals surface area contributed by atoms with Gasteiger partial charge in [0.25, 0.3) is 0 Å². The number of carboxylic acids is 1. The van der Waals surface area contributed by atoms with Crippen LogP contribution in [-0.2, 0) is 17.6 Å². The average Bonchev–Trinajstić information content (AvgIpc) is 3.38. The summed E-state index contributed by atoms with van der Waals surface area (Å²) in [4.78, 5) is 15.7. The fourth-order valence-corrected chi connectivity index (χ4v) is 4.76. The molecule has 0 aliphatic carbocycles. The maximum Gasteiger partial charge on any atom is 0.304 e. The molecule has 2 heterocycles. The smallest absolute Gasteiger partial charge is 0.304 e. The molecule has 0 bridgehead atoms. The van der Waals surface area contributed by atoms with Crippen LogP contribution >= 0.6 is 0 Å². The van der Waals surface area contributed by atoms with E-state index in [9.17, 15) is 4.79 Å². The van der Waals surface area contributed by atoms with Crippen LogP contribution in [0.15, 0.2) is 60.9 Å². The molecular weight excluding hydrogens is 400 g/mol. The Morgan fingerprint density at radius 2 is 1.97 bits per heavy atom. The molecule has 0 unspecified atom stereocenters. The number of benzene rings is 3. The summed E-state index contributed by atoms with van der Waals surface area (Å²) < 4.78 is 7.96. The van der Waals surface area contributed by atoms with E-state index < -0.39 is 5.97 Å². The first-order valence-electron chi connectivity index (χ1n) is 11.0. The summed E-state index contributed by atoms with van der Waals surface area (Å²) in [7, 11) is 0. The molecule has 0 saturated heterocycles. The minimum absolute atomic E-state index is 0.0519. The van der Waals surface area contributed by atoms with E-state index in [4.69, 9.17) is 9.84 Å². The summed E-state index contributed by atoms with van der Waals surface area (Å²) >= 11 is 0. The monoisotopic (exact) mass is 426 g/mol. The molecule has 1 atom stereocenters. The van der Waals surface area contributed by atoms with E-state index in [2.05, 4.69) is 65.9 Å². The topological polar surface area (TPSA) is 64.3 Å². The number of aromatic nitrogens is 2. The lowest BCUT2D eigenvalue weighted by molar-refractivity contribution is -0.137. The number of fused-ring (bicyclic) bond motifs is 2. The highest BCUT2D eigenvalue weighted by Gasteiger charge is 2.26. The Morgan fingerprint density at radius 1 is 1.12 bits per heavy atom. The van der Waals surface area contributed by atoms with Gasteiger partial charge in [-0.25, -0.2) is 4.98 Å². The number of nitrogens with zero attached hydrogens (tertiary/aromatic N) is 2. The lowest BCUT2D eigenvalue weighted by Gasteiger charge is -2.14. The van der Waals surface area contributed by atoms with Gasteiger partial charge in [-0.15, -0.1) is 0 Å². The molecular formula is C27H26N2O3. The Kier molecular flexibility index (Phi) is 5.17. The number of carbonyl (C=O) groups is 1. The maximum atomic E-state index is 11.1. The van der Waals surface area contributed by atoms with Gasteiger partial charge in [-0.3, -0.25) is 9.36 Å². The van der Waals surface area contributed by atoms with Crippen molar-refractivity contribution in [1.29, 1.82) is 0 Å². The van der Waals surface area contributed by atoms with Crippen molar-refractivity contribution in [2.75, 3.05) is 6.61 Å². The fourth-order valence-electron chi connectivity index (χ4n) is 4.76. The molecule has 32 heavy (non-hydrogen) atoms. The SMILES string of the molecule is Cc1c(CCc2ccc3c(c2)OC[C@H]3CC(=O)O)cccc1-n1cnc2cccc(C)c21. The number of carboxylic acid groups (broad SMARTS) is 1. The highest BCUT2D eigenvalue weighted by Crippen LogP contribution is 2.37. The van der Waals surface area contributed by atoms with Gasteiger partial charge in [-0.05, 0) is 67.1 Å². The van der Waals surface area contributed by atoms with Crippen molar-refractivity contribution in [3.05, 3.63) is 88.7 Å². The van der Waals surface area contributed by atoms with Crippen LogP contribution in [0.1, 0.15) is 40.2 Å². The van der Waals surface area contributed by atoms with Gasteiger partial charge in [-0.2, -0.15) is 0 Å². The van der Waals surface area contributed by atoms with Gasteiger partial charge in [0, 0.05) is 11.5 Å². The Balaban J connectivity index is 1.38. The van der Waals surface area contributed by atoms with Gasteiger partial charge in [0.2, 0.25) is 0 Å². The van der Waals surface area contributed by atoms with Crippen molar-refractivity contribution in [3.8, 4) is 11.4 Å². The Hall–Kier alpha value is -3.60. The van der Waals surface area contributed by atoms with Crippen molar-refractivity contribution in [2.24, 2.45) is 0 Å². The molecule has 1 aromatic heterocycles. The second-order valence-corrected chi connectivity index (χ2v) is 8.60. The van der Waals surface area contributed by atoms with Crippen LogP contribution < -0.4 is 4.74 Å². The number of rotatable bonds is 6. The Bertz CT molecular complexity index is 1320. The zero-order valence-corrected chi connectivity index (χ0v) is 18.3. The minimum Gasteiger partial charge on any atom is -0.493 e. The normalized spacial score (nSPS) is 15.0. The summed E-state index contributed by atoms with van der Waals surface area (Å²) in [6.07, 6.45) is 3.84. The van der Waals surface area contributed by atoms with Gasteiger partial charge in [0.1, 0.15) is 12.1 Å². The van der Waals surface area contributed by atoms with Crippen LogP contribution in [-0.4, -0.2) is 27.2 Å². The molecule has 3 aromatic carbocycles. The van der Waals surface area contributed by atoms with E-state index in [1.807, 2.05) is 18.5 Å².